The Hall–Kier alpha value is -2.48. The third-order valence-electron chi connectivity index (χ3n) is 4.48. The maximum Gasteiger partial charge on any atom is 0.253 e. The van der Waals surface area contributed by atoms with Gasteiger partial charge in [-0.25, -0.2) is 8.42 Å². The Labute approximate surface area is 153 Å². The molecule has 3 heterocycles. The normalized spacial score (nSPS) is 18.4. The van der Waals surface area contributed by atoms with Crippen molar-refractivity contribution < 1.29 is 13.2 Å². The van der Waals surface area contributed by atoms with Gasteiger partial charge in [-0.3, -0.25) is 14.8 Å². The standard InChI is InChI=1S/C18H22N4O3S/c1-2-22(16-5-7-26(24,25)13-16)17-8-15(11-20-12-17)18(23)21-10-14-4-3-6-19-9-14/h3-4,6,8-9,11-12,16H,2,5,7,10,13H2,1H3,(H,21,23). The maximum atomic E-state index is 12.4. The van der Waals surface area contributed by atoms with E-state index in [-0.39, 0.29) is 23.5 Å². The van der Waals surface area contributed by atoms with Gasteiger partial charge in [0.2, 0.25) is 0 Å². The molecule has 1 atom stereocenters. The van der Waals surface area contributed by atoms with E-state index in [1.54, 1.807) is 24.7 Å². The third kappa shape index (κ3) is 4.37. The van der Waals surface area contributed by atoms with Crippen molar-refractivity contribution >= 4 is 21.4 Å². The summed E-state index contributed by atoms with van der Waals surface area (Å²) in [7, 11) is -2.97. The van der Waals surface area contributed by atoms with Crippen molar-refractivity contribution in [3.63, 3.8) is 0 Å². The average molecular weight is 374 g/mol. The molecule has 1 unspecified atom stereocenters. The number of nitrogens with zero attached hydrogens (tertiary/aromatic N) is 3. The third-order valence-corrected chi connectivity index (χ3v) is 6.23. The zero-order valence-corrected chi connectivity index (χ0v) is 15.4. The van der Waals surface area contributed by atoms with Gasteiger partial charge in [0.25, 0.3) is 5.91 Å². The van der Waals surface area contributed by atoms with Gasteiger partial charge in [0.15, 0.2) is 9.84 Å². The van der Waals surface area contributed by atoms with Gasteiger partial charge in [0.05, 0.1) is 29.0 Å². The molecule has 2 aromatic heterocycles. The number of amides is 1. The molecule has 0 bridgehead atoms. The molecule has 1 aliphatic heterocycles. The van der Waals surface area contributed by atoms with E-state index in [4.69, 9.17) is 0 Å². The summed E-state index contributed by atoms with van der Waals surface area (Å²) in [6.07, 6.45) is 7.18. The average Bonchev–Trinajstić information content (AvgIpc) is 3.01. The van der Waals surface area contributed by atoms with E-state index in [9.17, 15) is 13.2 Å². The SMILES string of the molecule is CCN(c1cncc(C(=O)NCc2cccnc2)c1)C1CCS(=O)(=O)C1. The van der Waals surface area contributed by atoms with E-state index in [2.05, 4.69) is 15.3 Å². The zero-order chi connectivity index (χ0) is 18.6. The lowest BCUT2D eigenvalue weighted by atomic mass is 10.1. The Morgan fingerprint density at radius 3 is 2.81 bits per heavy atom. The lowest BCUT2D eigenvalue weighted by molar-refractivity contribution is 0.0950. The van der Waals surface area contributed by atoms with Crippen LogP contribution in [-0.2, 0) is 16.4 Å². The quantitative estimate of drug-likeness (QED) is 0.822. The summed E-state index contributed by atoms with van der Waals surface area (Å²) in [6, 6.07) is 5.40. The van der Waals surface area contributed by atoms with Crippen molar-refractivity contribution in [2.24, 2.45) is 0 Å². The number of anilines is 1. The van der Waals surface area contributed by atoms with Gasteiger partial charge in [0, 0.05) is 37.7 Å². The van der Waals surface area contributed by atoms with Crippen LogP contribution in [0.5, 0.6) is 0 Å². The van der Waals surface area contributed by atoms with Crippen molar-refractivity contribution in [1.82, 2.24) is 15.3 Å². The lowest BCUT2D eigenvalue weighted by Crippen LogP contribution is -2.36. The monoisotopic (exact) mass is 374 g/mol. The first kappa shape index (κ1) is 18.3. The summed E-state index contributed by atoms with van der Waals surface area (Å²) >= 11 is 0. The Bertz CT molecular complexity index is 871. The van der Waals surface area contributed by atoms with Gasteiger partial charge in [-0.15, -0.1) is 0 Å². The van der Waals surface area contributed by atoms with E-state index >= 15 is 0 Å². The number of pyridine rings is 2. The molecule has 0 aliphatic carbocycles. The first-order valence-corrected chi connectivity index (χ1v) is 10.4. The number of sulfone groups is 1. The highest BCUT2D eigenvalue weighted by molar-refractivity contribution is 7.91. The van der Waals surface area contributed by atoms with E-state index < -0.39 is 9.84 Å². The minimum absolute atomic E-state index is 0.0690. The fraction of sp³-hybridized carbons (Fsp3) is 0.389. The molecule has 1 amide bonds. The fourth-order valence-electron chi connectivity index (χ4n) is 3.17. The Morgan fingerprint density at radius 1 is 1.31 bits per heavy atom. The second-order valence-electron chi connectivity index (χ2n) is 6.32. The van der Waals surface area contributed by atoms with Crippen molar-refractivity contribution in [3.05, 3.63) is 54.1 Å². The molecule has 0 aromatic carbocycles. The molecule has 0 saturated carbocycles. The Morgan fingerprint density at radius 2 is 2.15 bits per heavy atom. The highest BCUT2D eigenvalue weighted by Gasteiger charge is 2.32. The summed E-state index contributed by atoms with van der Waals surface area (Å²) in [5.74, 6) is 0.142. The Balaban J connectivity index is 1.71. The van der Waals surface area contributed by atoms with Crippen LogP contribution in [0.2, 0.25) is 0 Å². The summed E-state index contributed by atoms with van der Waals surface area (Å²) in [5.41, 5.74) is 2.13. The number of carbonyl (C=O) groups is 1. The molecular formula is C18H22N4O3S. The van der Waals surface area contributed by atoms with Gasteiger partial charge in [-0.05, 0) is 31.0 Å². The fourth-order valence-corrected chi connectivity index (χ4v) is 4.90. The van der Waals surface area contributed by atoms with Crippen LogP contribution < -0.4 is 10.2 Å². The number of hydrogen-bond donors (Lipinski definition) is 1. The Kier molecular flexibility index (Phi) is 5.51. The van der Waals surface area contributed by atoms with E-state index in [1.165, 1.54) is 6.20 Å². The molecule has 1 N–H and O–H groups in total. The molecule has 26 heavy (non-hydrogen) atoms. The highest BCUT2D eigenvalue weighted by atomic mass is 32.2. The smallest absolute Gasteiger partial charge is 0.253 e. The molecule has 0 radical (unpaired) electrons. The van der Waals surface area contributed by atoms with Crippen molar-refractivity contribution in [2.45, 2.75) is 25.9 Å². The maximum absolute atomic E-state index is 12.4. The van der Waals surface area contributed by atoms with Crippen molar-refractivity contribution in [1.29, 1.82) is 0 Å². The van der Waals surface area contributed by atoms with Crippen LogP contribution in [0.3, 0.4) is 0 Å². The molecule has 8 heteroatoms. The number of nitrogens with one attached hydrogen (secondary N) is 1. The van der Waals surface area contributed by atoms with Gasteiger partial charge in [-0.2, -0.15) is 0 Å². The van der Waals surface area contributed by atoms with E-state index in [0.717, 1.165) is 11.3 Å². The molecular weight excluding hydrogens is 352 g/mol. The van der Waals surface area contributed by atoms with Crippen molar-refractivity contribution in [2.75, 3.05) is 23.0 Å². The number of carbonyl (C=O) groups excluding carboxylic acids is 1. The number of rotatable bonds is 6. The van der Waals surface area contributed by atoms with E-state index in [1.807, 2.05) is 24.0 Å². The predicted molar refractivity (Wildman–Crippen MR) is 99.7 cm³/mol. The van der Waals surface area contributed by atoms with Gasteiger partial charge in [0.1, 0.15) is 0 Å². The summed E-state index contributed by atoms with van der Waals surface area (Å²) in [5, 5.41) is 2.85. The van der Waals surface area contributed by atoms with Crippen LogP contribution in [-0.4, -0.2) is 48.4 Å². The zero-order valence-electron chi connectivity index (χ0n) is 14.6. The molecule has 2 aromatic rings. The van der Waals surface area contributed by atoms with Gasteiger partial charge < -0.3 is 10.2 Å². The predicted octanol–water partition coefficient (Wildman–Crippen LogP) is 1.42. The van der Waals surface area contributed by atoms with Crippen LogP contribution in [0.15, 0.2) is 43.0 Å². The summed E-state index contributed by atoms with van der Waals surface area (Å²) in [4.78, 5) is 22.6. The topological polar surface area (TPSA) is 92.3 Å². The number of hydrogen-bond acceptors (Lipinski definition) is 6. The van der Waals surface area contributed by atoms with Crippen molar-refractivity contribution in [3.8, 4) is 0 Å². The molecule has 3 rings (SSSR count). The minimum Gasteiger partial charge on any atom is -0.367 e. The molecule has 1 saturated heterocycles. The first-order chi connectivity index (χ1) is 12.5. The van der Waals surface area contributed by atoms with Gasteiger partial charge >= 0.3 is 0 Å². The number of aromatic nitrogens is 2. The molecule has 138 valence electrons. The minimum atomic E-state index is -2.97. The van der Waals surface area contributed by atoms with Crippen LogP contribution in [0.25, 0.3) is 0 Å². The largest absolute Gasteiger partial charge is 0.367 e. The van der Waals surface area contributed by atoms with Crippen LogP contribution in [0.1, 0.15) is 29.3 Å². The summed E-state index contributed by atoms with van der Waals surface area (Å²) in [6.45, 7) is 3.01. The summed E-state index contributed by atoms with van der Waals surface area (Å²) < 4.78 is 23.6. The molecule has 0 spiro atoms. The molecule has 1 aliphatic rings. The van der Waals surface area contributed by atoms with Crippen LogP contribution in [0.4, 0.5) is 5.69 Å². The first-order valence-electron chi connectivity index (χ1n) is 8.58. The van der Waals surface area contributed by atoms with Crippen LogP contribution in [0, 0.1) is 0 Å². The second kappa shape index (κ2) is 7.82. The van der Waals surface area contributed by atoms with Crippen LogP contribution >= 0.6 is 0 Å². The molecule has 1 fully saturated rings. The van der Waals surface area contributed by atoms with E-state index in [0.29, 0.717) is 25.1 Å². The highest BCUT2D eigenvalue weighted by Crippen LogP contribution is 2.24. The molecule has 7 nitrogen and oxygen atoms in total. The second-order valence-corrected chi connectivity index (χ2v) is 8.55. The lowest BCUT2D eigenvalue weighted by Gasteiger charge is -2.29. The van der Waals surface area contributed by atoms with Gasteiger partial charge in [-0.1, -0.05) is 6.07 Å².